The standard InChI is InChI=1S/C26H22ClN3O5/c1-35-23-13-15(11-21(26(23)32)30(33)34)25-24-20(28-18-8-4-5-9-19(18)29-25)10-14(12-22(24)31)16-6-2-3-7-17(16)27/h2-11,13-14,24-25,28-29,32H,12H2,1H3. The van der Waals surface area contributed by atoms with Crippen molar-refractivity contribution in [2.24, 2.45) is 5.92 Å². The van der Waals surface area contributed by atoms with Gasteiger partial charge < -0.3 is 20.5 Å². The Morgan fingerprint density at radius 3 is 2.54 bits per heavy atom. The van der Waals surface area contributed by atoms with Gasteiger partial charge in [-0.3, -0.25) is 14.9 Å². The van der Waals surface area contributed by atoms with Gasteiger partial charge in [-0.15, -0.1) is 0 Å². The molecule has 0 radical (unpaired) electrons. The molecule has 1 heterocycles. The molecule has 2 aliphatic rings. The molecular weight excluding hydrogens is 470 g/mol. The van der Waals surface area contributed by atoms with Crippen LogP contribution in [0.25, 0.3) is 0 Å². The number of halogens is 1. The molecule has 35 heavy (non-hydrogen) atoms. The van der Waals surface area contributed by atoms with Crippen molar-refractivity contribution in [1.82, 2.24) is 0 Å². The van der Waals surface area contributed by atoms with Gasteiger partial charge in [0.25, 0.3) is 0 Å². The zero-order valence-electron chi connectivity index (χ0n) is 18.7. The molecule has 0 saturated carbocycles. The molecule has 8 nitrogen and oxygen atoms in total. The highest BCUT2D eigenvalue weighted by Crippen LogP contribution is 2.47. The number of aromatic hydroxyl groups is 1. The number of hydrogen-bond donors (Lipinski definition) is 3. The van der Waals surface area contributed by atoms with Crippen molar-refractivity contribution in [1.29, 1.82) is 0 Å². The molecule has 0 aromatic heterocycles. The van der Waals surface area contributed by atoms with Crippen molar-refractivity contribution < 1.29 is 19.6 Å². The number of rotatable bonds is 4. The summed E-state index contributed by atoms with van der Waals surface area (Å²) in [6, 6.07) is 17.1. The van der Waals surface area contributed by atoms with Gasteiger partial charge in [0, 0.05) is 29.1 Å². The summed E-state index contributed by atoms with van der Waals surface area (Å²) in [5.41, 5.74) is 3.02. The molecule has 3 N–H and O–H groups in total. The second-order valence-corrected chi connectivity index (χ2v) is 8.95. The minimum atomic E-state index is -0.670. The average Bonchev–Trinajstić information content (AvgIpc) is 3.01. The Bertz CT molecular complexity index is 1370. The quantitative estimate of drug-likeness (QED) is 0.312. The molecule has 0 amide bonds. The minimum Gasteiger partial charge on any atom is -0.500 e. The highest BCUT2D eigenvalue weighted by molar-refractivity contribution is 6.31. The number of carbonyl (C=O) groups is 1. The molecule has 0 fully saturated rings. The average molecular weight is 492 g/mol. The number of benzene rings is 3. The van der Waals surface area contributed by atoms with E-state index in [0.29, 0.717) is 16.3 Å². The van der Waals surface area contributed by atoms with Crippen LogP contribution in [0, 0.1) is 16.0 Å². The molecule has 3 aromatic carbocycles. The van der Waals surface area contributed by atoms with E-state index in [0.717, 1.165) is 16.9 Å². The van der Waals surface area contributed by atoms with E-state index in [1.807, 2.05) is 48.5 Å². The number of nitro groups is 1. The van der Waals surface area contributed by atoms with Crippen LogP contribution in [0.3, 0.4) is 0 Å². The van der Waals surface area contributed by atoms with Gasteiger partial charge in [0.1, 0.15) is 5.78 Å². The van der Waals surface area contributed by atoms with Crippen molar-refractivity contribution in [3.63, 3.8) is 0 Å². The Morgan fingerprint density at radius 1 is 1.11 bits per heavy atom. The van der Waals surface area contributed by atoms with E-state index in [4.69, 9.17) is 16.3 Å². The Balaban J connectivity index is 1.68. The number of nitrogens with one attached hydrogen (secondary N) is 2. The number of allylic oxidation sites excluding steroid dienone is 1. The van der Waals surface area contributed by atoms with Crippen LogP contribution in [-0.2, 0) is 4.79 Å². The summed E-state index contributed by atoms with van der Waals surface area (Å²) < 4.78 is 5.21. The van der Waals surface area contributed by atoms with Crippen molar-refractivity contribution in [2.75, 3.05) is 17.7 Å². The number of fused-ring (bicyclic) bond motifs is 2. The second-order valence-electron chi connectivity index (χ2n) is 8.54. The van der Waals surface area contributed by atoms with Crippen molar-refractivity contribution in [3.8, 4) is 11.5 Å². The number of ketones is 1. The maximum Gasteiger partial charge on any atom is 0.315 e. The topological polar surface area (TPSA) is 114 Å². The first-order valence-corrected chi connectivity index (χ1v) is 11.4. The molecule has 3 atom stereocenters. The predicted molar refractivity (Wildman–Crippen MR) is 133 cm³/mol. The van der Waals surface area contributed by atoms with Gasteiger partial charge in [0.15, 0.2) is 5.75 Å². The third-order valence-electron chi connectivity index (χ3n) is 6.49. The summed E-state index contributed by atoms with van der Waals surface area (Å²) in [6.07, 6.45) is 2.24. The van der Waals surface area contributed by atoms with Crippen LogP contribution in [0.4, 0.5) is 17.1 Å². The van der Waals surface area contributed by atoms with E-state index in [1.54, 1.807) is 6.07 Å². The van der Waals surface area contributed by atoms with Gasteiger partial charge >= 0.3 is 5.69 Å². The number of anilines is 2. The van der Waals surface area contributed by atoms with E-state index in [-0.39, 0.29) is 23.9 Å². The SMILES string of the molecule is COc1cc(C2Nc3ccccc3NC3=CC(c4ccccc4Cl)CC(=O)C32)cc([N+](=O)[O-])c1O. The van der Waals surface area contributed by atoms with E-state index in [2.05, 4.69) is 10.6 Å². The van der Waals surface area contributed by atoms with Gasteiger partial charge in [-0.25, -0.2) is 0 Å². The normalized spacial score (nSPS) is 20.9. The Hall–Kier alpha value is -4.04. The summed E-state index contributed by atoms with van der Waals surface area (Å²) in [6.45, 7) is 0. The molecule has 9 heteroatoms. The summed E-state index contributed by atoms with van der Waals surface area (Å²) in [4.78, 5) is 24.6. The maximum atomic E-state index is 13.7. The van der Waals surface area contributed by atoms with Gasteiger partial charge in [0.05, 0.1) is 35.4 Å². The maximum absolute atomic E-state index is 13.7. The van der Waals surface area contributed by atoms with Gasteiger partial charge in [0.2, 0.25) is 5.75 Å². The first-order valence-electron chi connectivity index (χ1n) is 11.0. The van der Waals surface area contributed by atoms with Crippen LogP contribution in [0.2, 0.25) is 5.02 Å². The van der Waals surface area contributed by atoms with Crippen LogP contribution in [0.5, 0.6) is 11.5 Å². The van der Waals surface area contributed by atoms with Crippen LogP contribution >= 0.6 is 11.6 Å². The van der Waals surface area contributed by atoms with Gasteiger partial charge in [-0.2, -0.15) is 0 Å². The Kier molecular flexibility index (Phi) is 5.82. The molecule has 3 aromatic rings. The largest absolute Gasteiger partial charge is 0.500 e. The fraction of sp³-hybridized carbons (Fsp3) is 0.192. The number of para-hydroxylation sites is 2. The smallest absolute Gasteiger partial charge is 0.315 e. The number of methoxy groups -OCH3 is 1. The van der Waals surface area contributed by atoms with Crippen molar-refractivity contribution >= 4 is 34.4 Å². The van der Waals surface area contributed by atoms with Gasteiger partial charge in [-0.05, 0) is 35.4 Å². The lowest BCUT2D eigenvalue weighted by Gasteiger charge is -2.32. The zero-order chi connectivity index (χ0) is 24.7. The number of phenolic OH excluding ortho intramolecular Hbond substituents is 1. The molecule has 3 unspecified atom stereocenters. The van der Waals surface area contributed by atoms with E-state index in [9.17, 15) is 20.0 Å². The van der Waals surface area contributed by atoms with Crippen molar-refractivity contribution in [2.45, 2.75) is 18.4 Å². The number of carbonyl (C=O) groups excluding carboxylic acids is 1. The molecule has 0 saturated heterocycles. The lowest BCUT2D eigenvalue weighted by atomic mass is 9.76. The monoisotopic (exact) mass is 491 g/mol. The lowest BCUT2D eigenvalue weighted by molar-refractivity contribution is -0.386. The van der Waals surface area contributed by atoms with Crippen molar-refractivity contribution in [3.05, 3.63) is 98.7 Å². The van der Waals surface area contributed by atoms with Gasteiger partial charge in [-0.1, -0.05) is 48.0 Å². The summed E-state index contributed by atoms with van der Waals surface area (Å²) in [5, 5.41) is 29.3. The third kappa shape index (κ3) is 4.06. The third-order valence-corrected chi connectivity index (χ3v) is 6.84. The Labute approximate surface area is 206 Å². The van der Waals surface area contributed by atoms with Crippen LogP contribution < -0.4 is 15.4 Å². The first kappa shape index (κ1) is 22.7. The van der Waals surface area contributed by atoms with Crippen LogP contribution in [0.1, 0.15) is 29.5 Å². The minimum absolute atomic E-state index is 0.0378. The summed E-state index contributed by atoms with van der Waals surface area (Å²) >= 11 is 6.44. The van der Waals surface area contributed by atoms with E-state index < -0.39 is 28.3 Å². The van der Waals surface area contributed by atoms with Crippen LogP contribution in [-0.4, -0.2) is 22.9 Å². The fourth-order valence-electron chi connectivity index (χ4n) is 4.85. The number of ether oxygens (including phenoxy) is 1. The summed E-state index contributed by atoms with van der Waals surface area (Å²) in [7, 11) is 1.32. The first-order chi connectivity index (χ1) is 16.9. The number of nitrogens with zero attached hydrogens (tertiary/aromatic N) is 1. The number of Topliss-reactive ketones (excluding diaryl/α,β-unsaturated/α-hetero) is 1. The fourth-order valence-corrected chi connectivity index (χ4v) is 5.12. The molecular formula is C26H22ClN3O5. The summed E-state index contributed by atoms with van der Waals surface area (Å²) in [5.74, 6) is -1.51. The highest BCUT2D eigenvalue weighted by Gasteiger charge is 2.41. The molecule has 1 aliphatic heterocycles. The van der Waals surface area contributed by atoms with Crippen LogP contribution in [0.15, 0.2) is 72.4 Å². The van der Waals surface area contributed by atoms with E-state index >= 15 is 0 Å². The molecule has 178 valence electrons. The molecule has 0 bridgehead atoms. The zero-order valence-corrected chi connectivity index (χ0v) is 19.5. The number of nitro benzene ring substituents is 1. The molecule has 5 rings (SSSR count). The number of phenols is 1. The molecule has 1 aliphatic carbocycles. The highest BCUT2D eigenvalue weighted by atomic mass is 35.5. The predicted octanol–water partition coefficient (Wildman–Crippen LogP) is 5.80. The lowest BCUT2D eigenvalue weighted by Crippen LogP contribution is -2.34. The second kappa shape index (κ2) is 8.96. The Morgan fingerprint density at radius 2 is 1.83 bits per heavy atom. The molecule has 0 spiro atoms. The van der Waals surface area contributed by atoms with E-state index in [1.165, 1.54) is 19.2 Å². The number of hydrogen-bond acceptors (Lipinski definition) is 7.